The molecule has 20 heavy (non-hydrogen) atoms. The standard InChI is InChI=1S/C13H10BrFN2O3/c14-11-6-10(17(19)20)2-3-12(11)16-7-8-5-9(15)1-4-13(8)18/h1-6,16,18H,7H2. The second kappa shape index (κ2) is 5.87. The van der Waals surface area contributed by atoms with Gasteiger partial charge in [-0.1, -0.05) is 0 Å². The van der Waals surface area contributed by atoms with Crippen LogP contribution in [0.1, 0.15) is 5.56 Å². The first kappa shape index (κ1) is 14.3. The summed E-state index contributed by atoms with van der Waals surface area (Å²) < 4.78 is 13.6. The fourth-order valence-electron chi connectivity index (χ4n) is 1.65. The van der Waals surface area contributed by atoms with Gasteiger partial charge in [0.05, 0.1) is 4.92 Å². The number of hydrogen-bond donors (Lipinski definition) is 2. The predicted molar refractivity (Wildman–Crippen MR) is 76.2 cm³/mol. The Morgan fingerprint density at radius 2 is 2.05 bits per heavy atom. The number of anilines is 1. The van der Waals surface area contributed by atoms with E-state index in [1.54, 1.807) is 6.07 Å². The molecule has 2 aromatic rings. The lowest BCUT2D eigenvalue weighted by Crippen LogP contribution is -2.01. The largest absolute Gasteiger partial charge is 0.508 e. The summed E-state index contributed by atoms with van der Waals surface area (Å²) in [5, 5.41) is 23.2. The van der Waals surface area contributed by atoms with E-state index < -0.39 is 10.7 Å². The maximum atomic E-state index is 13.1. The maximum Gasteiger partial charge on any atom is 0.270 e. The molecule has 0 aliphatic carbocycles. The van der Waals surface area contributed by atoms with E-state index >= 15 is 0 Å². The number of nitrogens with one attached hydrogen (secondary N) is 1. The van der Waals surface area contributed by atoms with Gasteiger partial charge in [0.2, 0.25) is 0 Å². The SMILES string of the molecule is O=[N+]([O-])c1ccc(NCc2cc(F)ccc2O)c(Br)c1. The van der Waals surface area contributed by atoms with Crippen LogP contribution in [-0.4, -0.2) is 10.0 Å². The van der Waals surface area contributed by atoms with Crippen molar-refractivity contribution in [1.29, 1.82) is 0 Å². The molecule has 0 fully saturated rings. The monoisotopic (exact) mass is 340 g/mol. The number of nitro benzene ring substituents is 1. The summed E-state index contributed by atoms with van der Waals surface area (Å²) in [5.74, 6) is -0.459. The molecule has 104 valence electrons. The molecule has 0 spiro atoms. The molecular formula is C13H10BrFN2O3. The number of hydrogen-bond acceptors (Lipinski definition) is 4. The Hall–Kier alpha value is -2.15. The lowest BCUT2D eigenvalue weighted by Gasteiger charge is -2.10. The van der Waals surface area contributed by atoms with Gasteiger partial charge < -0.3 is 10.4 Å². The van der Waals surface area contributed by atoms with E-state index in [0.717, 1.165) is 0 Å². The van der Waals surface area contributed by atoms with Gasteiger partial charge in [0.25, 0.3) is 5.69 Å². The molecule has 0 unspecified atom stereocenters. The third-order valence-electron chi connectivity index (χ3n) is 2.67. The number of nitro groups is 1. The minimum absolute atomic E-state index is 0.0167. The second-order valence-electron chi connectivity index (χ2n) is 4.05. The van der Waals surface area contributed by atoms with Crippen molar-refractivity contribution in [3.05, 3.63) is 62.4 Å². The Morgan fingerprint density at radius 3 is 2.70 bits per heavy atom. The Morgan fingerprint density at radius 1 is 1.30 bits per heavy atom. The molecule has 0 bridgehead atoms. The van der Waals surface area contributed by atoms with Crippen molar-refractivity contribution < 1.29 is 14.4 Å². The van der Waals surface area contributed by atoms with Crippen LogP contribution >= 0.6 is 15.9 Å². The van der Waals surface area contributed by atoms with Crippen LogP contribution in [0.5, 0.6) is 5.75 Å². The average molecular weight is 341 g/mol. The molecule has 2 N–H and O–H groups in total. The molecule has 0 heterocycles. The molecule has 0 atom stereocenters. The molecule has 2 aromatic carbocycles. The van der Waals surface area contributed by atoms with Gasteiger partial charge in [0.15, 0.2) is 0 Å². The second-order valence-corrected chi connectivity index (χ2v) is 4.90. The Labute approximate surface area is 122 Å². The quantitative estimate of drug-likeness (QED) is 0.655. The highest BCUT2D eigenvalue weighted by Gasteiger charge is 2.09. The molecule has 0 aromatic heterocycles. The normalized spacial score (nSPS) is 10.3. The summed E-state index contributed by atoms with van der Waals surface area (Å²) in [4.78, 5) is 10.1. The molecule has 0 aliphatic rings. The molecule has 5 nitrogen and oxygen atoms in total. The fourth-order valence-corrected chi connectivity index (χ4v) is 2.15. The zero-order chi connectivity index (χ0) is 14.7. The number of phenols is 1. The molecule has 0 saturated carbocycles. The number of halogens is 2. The van der Waals surface area contributed by atoms with Crippen LogP contribution in [0, 0.1) is 15.9 Å². The number of phenolic OH excluding ortho intramolecular Hbond substituents is 1. The van der Waals surface area contributed by atoms with E-state index in [9.17, 15) is 19.6 Å². The summed E-state index contributed by atoms with van der Waals surface area (Å²) in [7, 11) is 0. The first-order valence-corrected chi connectivity index (χ1v) is 6.42. The number of rotatable bonds is 4. The highest BCUT2D eigenvalue weighted by molar-refractivity contribution is 9.10. The van der Waals surface area contributed by atoms with Gasteiger partial charge in [0.1, 0.15) is 11.6 Å². The third kappa shape index (κ3) is 3.24. The molecule has 0 aliphatic heterocycles. The molecule has 0 amide bonds. The minimum Gasteiger partial charge on any atom is -0.508 e. The van der Waals surface area contributed by atoms with Gasteiger partial charge in [-0.15, -0.1) is 0 Å². The summed E-state index contributed by atoms with van der Waals surface area (Å²) in [6.07, 6.45) is 0. The number of aromatic hydroxyl groups is 1. The number of nitrogens with zero attached hydrogens (tertiary/aromatic N) is 1. The average Bonchev–Trinajstić information content (AvgIpc) is 2.40. The van der Waals surface area contributed by atoms with Crippen molar-refractivity contribution in [3.8, 4) is 5.75 Å². The van der Waals surface area contributed by atoms with Gasteiger partial charge >= 0.3 is 0 Å². The van der Waals surface area contributed by atoms with Crippen molar-refractivity contribution in [2.45, 2.75) is 6.54 Å². The molecule has 7 heteroatoms. The van der Waals surface area contributed by atoms with E-state index in [-0.39, 0.29) is 18.0 Å². The van der Waals surface area contributed by atoms with E-state index in [1.807, 2.05) is 0 Å². The number of non-ortho nitro benzene ring substituents is 1. The highest BCUT2D eigenvalue weighted by Crippen LogP contribution is 2.28. The van der Waals surface area contributed by atoms with Crippen molar-refractivity contribution >= 4 is 27.3 Å². The van der Waals surface area contributed by atoms with Gasteiger partial charge in [-0.05, 0) is 40.2 Å². The smallest absolute Gasteiger partial charge is 0.270 e. The summed E-state index contributed by atoms with van der Waals surface area (Å²) in [6.45, 7) is 0.194. The minimum atomic E-state index is -0.493. The first-order chi connectivity index (χ1) is 9.47. The Balaban J connectivity index is 2.15. The Kier molecular flexibility index (Phi) is 4.19. The lowest BCUT2D eigenvalue weighted by molar-refractivity contribution is -0.384. The van der Waals surface area contributed by atoms with Crippen molar-refractivity contribution in [2.24, 2.45) is 0 Å². The van der Waals surface area contributed by atoms with Crippen LogP contribution in [0.4, 0.5) is 15.8 Å². The van der Waals surface area contributed by atoms with Crippen LogP contribution in [0.25, 0.3) is 0 Å². The van der Waals surface area contributed by atoms with Gasteiger partial charge in [-0.3, -0.25) is 10.1 Å². The third-order valence-corrected chi connectivity index (χ3v) is 3.33. The van der Waals surface area contributed by atoms with Crippen LogP contribution in [-0.2, 0) is 6.54 Å². The van der Waals surface area contributed by atoms with Crippen LogP contribution < -0.4 is 5.32 Å². The summed E-state index contributed by atoms with van der Waals surface area (Å²) in [6, 6.07) is 7.93. The number of benzene rings is 2. The Bertz CT molecular complexity index is 664. The van der Waals surface area contributed by atoms with E-state index in [2.05, 4.69) is 21.2 Å². The zero-order valence-corrected chi connectivity index (χ0v) is 11.7. The van der Waals surface area contributed by atoms with Crippen molar-refractivity contribution in [1.82, 2.24) is 0 Å². The van der Waals surface area contributed by atoms with Gasteiger partial charge in [0, 0.05) is 34.4 Å². The topological polar surface area (TPSA) is 75.4 Å². The van der Waals surface area contributed by atoms with E-state index in [0.29, 0.717) is 15.7 Å². The predicted octanol–water partition coefficient (Wildman–Crippen LogP) is 3.81. The van der Waals surface area contributed by atoms with Gasteiger partial charge in [-0.25, -0.2) is 4.39 Å². The molecule has 0 saturated heterocycles. The van der Waals surface area contributed by atoms with Crippen molar-refractivity contribution in [3.63, 3.8) is 0 Å². The van der Waals surface area contributed by atoms with Crippen molar-refractivity contribution in [2.75, 3.05) is 5.32 Å². The van der Waals surface area contributed by atoms with Crippen LogP contribution in [0.3, 0.4) is 0 Å². The molecule has 2 rings (SSSR count). The van der Waals surface area contributed by atoms with Gasteiger partial charge in [-0.2, -0.15) is 0 Å². The fraction of sp³-hybridized carbons (Fsp3) is 0.0769. The summed E-state index contributed by atoms with van der Waals surface area (Å²) >= 11 is 3.22. The van der Waals surface area contributed by atoms with E-state index in [1.165, 1.54) is 30.3 Å². The van der Waals surface area contributed by atoms with E-state index in [4.69, 9.17) is 0 Å². The van der Waals surface area contributed by atoms with Crippen LogP contribution in [0.2, 0.25) is 0 Å². The van der Waals surface area contributed by atoms with Crippen LogP contribution in [0.15, 0.2) is 40.9 Å². The first-order valence-electron chi connectivity index (χ1n) is 5.62. The summed E-state index contributed by atoms with van der Waals surface area (Å²) in [5.41, 5.74) is 0.977. The lowest BCUT2D eigenvalue weighted by atomic mass is 10.2. The molecular weight excluding hydrogens is 331 g/mol. The highest BCUT2D eigenvalue weighted by atomic mass is 79.9. The molecule has 0 radical (unpaired) electrons. The maximum absolute atomic E-state index is 13.1. The zero-order valence-electron chi connectivity index (χ0n) is 10.1.